The number of aromatic nitrogens is 2. The molecule has 1 fully saturated rings. The van der Waals surface area contributed by atoms with E-state index < -0.39 is 0 Å². The van der Waals surface area contributed by atoms with Gasteiger partial charge in [0.15, 0.2) is 0 Å². The van der Waals surface area contributed by atoms with E-state index in [9.17, 15) is 0 Å². The van der Waals surface area contributed by atoms with Crippen LogP contribution in [0, 0.1) is 0 Å². The molecule has 1 aromatic rings. The average Bonchev–Trinajstić information content (AvgIpc) is 2.63. The van der Waals surface area contributed by atoms with Crippen molar-refractivity contribution in [3.63, 3.8) is 0 Å². The molecule has 0 amide bonds. The summed E-state index contributed by atoms with van der Waals surface area (Å²) in [7, 11) is 1.86. The second kappa shape index (κ2) is 5.84. The summed E-state index contributed by atoms with van der Waals surface area (Å²) in [4.78, 5) is 11.2. The second-order valence-corrected chi connectivity index (χ2v) is 4.59. The van der Waals surface area contributed by atoms with E-state index in [0.717, 1.165) is 12.4 Å². The molecule has 1 aliphatic heterocycles. The number of hydrogen-bond acceptors (Lipinski definition) is 4. The minimum Gasteiger partial charge on any atom is -0.357 e. The van der Waals surface area contributed by atoms with Gasteiger partial charge in [-0.2, -0.15) is 4.98 Å². The highest BCUT2D eigenvalue weighted by molar-refractivity contribution is 5.43. The van der Waals surface area contributed by atoms with Crippen molar-refractivity contribution in [3.8, 4) is 0 Å². The van der Waals surface area contributed by atoms with E-state index in [1.165, 1.54) is 32.1 Å². The van der Waals surface area contributed by atoms with Gasteiger partial charge in [0.1, 0.15) is 5.82 Å². The third-order valence-electron chi connectivity index (χ3n) is 3.51. The van der Waals surface area contributed by atoms with Gasteiger partial charge in [0.2, 0.25) is 5.95 Å². The van der Waals surface area contributed by atoms with Crippen LogP contribution in [-0.4, -0.2) is 29.6 Å². The lowest BCUT2D eigenvalue weighted by Gasteiger charge is -2.30. The third kappa shape index (κ3) is 2.87. The van der Waals surface area contributed by atoms with Gasteiger partial charge < -0.3 is 10.2 Å². The number of hydrogen-bond donors (Lipinski definition) is 1. The van der Waals surface area contributed by atoms with E-state index in [-0.39, 0.29) is 0 Å². The zero-order valence-corrected chi connectivity index (χ0v) is 10.8. The third-order valence-corrected chi connectivity index (χ3v) is 3.51. The number of nitrogens with zero attached hydrogens (tertiary/aromatic N) is 3. The molecular weight excluding hydrogens is 212 g/mol. The summed E-state index contributed by atoms with van der Waals surface area (Å²) in [5.74, 6) is 1.78. The minimum absolute atomic E-state index is 0.636. The van der Waals surface area contributed by atoms with Crippen LogP contribution in [0.1, 0.15) is 39.0 Å². The summed E-state index contributed by atoms with van der Waals surface area (Å²) in [6, 6.07) is 2.66. The summed E-state index contributed by atoms with van der Waals surface area (Å²) in [6.45, 7) is 3.39. The number of anilines is 2. The molecule has 1 unspecified atom stereocenters. The predicted molar refractivity (Wildman–Crippen MR) is 71.5 cm³/mol. The molecule has 0 radical (unpaired) electrons. The zero-order chi connectivity index (χ0) is 12.1. The Labute approximate surface area is 103 Å². The molecule has 17 heavy (non-hydrogen) atoms. The van der Waals surface area contributed by atoms with Crippen molar-refractivity contribution in [2.24, 2.45) is 0 Å². The lowest BCUT2D eigenvalue weighted by atomic mass is 10.1. The van der Waals surface area contributed by atoms with Crippen molar-refractivity contribution < 1.29 is 0 Å². The van der Waals surface area contributed by atoms with Crippen LogP contribution in [-0.2, 0) is 0 Å². The Balaban J connectivity index is 2.21. The maximum absolute atomic E-state index is 4.56. The Hall–Kier alpha value is -1.32. The molecule has 1 aliphatic rings. The van der Waals surface area contributed by atoms with Crippen LogP contribution in [0.3, 0.4) is 0 Å². The first-order chi connectivity index (χ1) is 8.35. The monoisotopic (exact) mass is 234 g/mol. The van der Waals surface area contributed by atoms with E-state index in [2.05, 4.69) is 27.1 Å². The van der Waals surface area contributed by atoms with Gasteiger partial charge in [0, 0.05) is 25.8 Å². The van der Waals surface area contributed by atoms with E-state index in [4.69, 9.17) is 0 Å². The molecule has 1 atom stereocenters. The second-order valence-electron chi connectivity index (χ2n) is 4.59. The molecule has 0 aliphatic carbocycles. The Morgan fingerprint density at radius 2 is 2.29 bits per heavy atom. The average molecular weight is 234 g/mol. The highest BCUT2D eigenvalue weighted by Gasteiger charge is 2.20. The molecule has 0 spiro atoms. The fraction of sp³-hybridized carbons (Fsp3) is 0.692. The van der Waals surface area contributed by atoms with Crippen LogP contribution in [0.4, 0.5) is 11.8 Å². The van der Waals surface area contributed by atoms with Gasteiger partial charge >= 0.3 is 0 Å². The largest absolute Gasteiger partial charge is 0.357 e. The normalized spacial score (nSPS) is 21.1. The van der Waals surface area contributed by atoms with Crippen LogP contribution in [0.25, 0.3) is 0 Å². The Morgan fingerprint density at radius 1 is 1.41 bits per heavy atom. The van der Waals surface area contributed by atoms with Gasteiger partial charge in [-0.3, -0.25) is 0 Å². The maximum atomic E-state index is 4.56. The standard InChI is InChI=1S/C13H22N4/c1-3-11-7-5-4-6-10-17(11)12-8-9-15-13(14-2)16-12/h8-9,11H,3-7,10H2,1-2H3,(H,14,15,16). The van der Waals surface area contributed by atoms with Gasteiger partial charge in [-0.15, -0.1) is 0 Å². The van der Waals surface area contributed by atoms with E-state index >= 15 is 0 Å². The summed E-state index contributed by atoms with van der Waals surface area (Å²) >= 11 is 0. The summed E-state index contributed by atoms with van der Waals surface area (Å²) in [5.41, 5.74) is 0. The molecular formula is C13H22N4. The molecule has 1 aromatic heterocycles. The van der Waals surface area contributed by atoms with E-state index in [1.54, 1.807) is 0 Å². The van der Waals surface area contributed by atoms with Gasteiger partial charge in [-0.1, -0.05) is 19.8 Å². The van der Waals surface area contributed by atoms with Gasteiger partial charge in [-0.25, -0.2) is 4.98 Å². The molecule has 0 saturated carbocycles. The van der Waals surface area contributed by atoms with Crippen molar-refractivity contribution in [1.29, 1.82) is 0 Å². The van der Waals surface area contributed by atoms with Crippen molar-refractivity contribution in [2.75, 3.05) is 23.8 Å². The van der Waals surface area contributed by atoms with Crippen LogP contribution in [0.15, 0.2) is 12.3 Å². The minimum atomic E-state index is 0.636. The summed E-state index contributed by atoms with van der Waals surface area (Å²) < 4.78 is 0. The quantitative estimate of drug-likeness (QED) is 0.873. The zero-order valence-electron chi connectivity index (χ0n) is 10.8. The number of nitrogens with one attached hydrogen (secondary N) is 1. The Bertz CT molecular complexity index is 353. The Morgan fingerprint density at radius 3 is 3.06 bits per heavy atom. The van der Waals surface area contributed by atoms with Crippen molar-refractivity contribution in [3.05, 3.63) is 12.3 Å². The molecule has 4 heteroatoms. The van der Waals surface area contributed by atoms with Gasteiger partial charge in [0.25, 0.3) is 0 Å². The molecule has 4 nitrogen and oxygen atoms in total. The fourth-order valence-electron chi connectivity index (χ4n) is 2.53. The Kier molecular flexibility index (Phi) is 4.18. The molecule has 0 bridgehead atoms. The van der Waals surface area contributed by atoms with Crippen molar-refractivity contribution >= 4 is 11.8 Å². The lowest BCUT2D eigenvalue weighted by Crippen LogP contribution is -2.35. The summed E-state index contributed by atoms with van der Waals surface area (Å²) in [5, 5.41) is 3.01. The molecule has 2 heterocycles. The van der Waals surface area contributed by atoms with Gasteiger partial charge in [-0.05, 0) is 25.3 Å². The smallest absolute Gasteiger partial charge is 0.224 e. The highest BCUT2D eigenvalue weighted by atomic mass is 15.2. The van der Waals surface area contributed by atoms with Crippen molar-refractivity contribution in [1.82, 2.24) is 9.97 Å². The number of rotatable bonds is 3. The highest BCUT2D eigenvalue weighted by Crippen LogP contribution is 2.24. The van der Waals surface area contributed by atoms with Crippen LogP contribution in [0.5, 0.6) is 0 Å². The van der Waals surface area contributed by atoms with Crippen molar-refractivity contribution in [2.45, 2.75) is 45.1 Å². The first-order valence-corrected chi connectivity index (χ1v) is 6.62. The van der Waals surface area contributed by atoms with E-state index in [1.807, 2.05) is 19.3 Å². The van der Waals surface area contributed by atoms with Crippen LogP contribution in [0.2, 0.25) is 0 Å². The molecule has 2 rings (SSSR count). The molecule has 1 saturated heterocycles. The van der Waals surface area contributed by atoms with Crippen LogP contribution < -0.4 is 10.2 Å². The van der Waals surface area contributed by atoms with E-state index in [0.29, 0.717) is 12.0 Å². The topological polar surface area (TPSA) is 41.1 Å². The summed E-state index contributed by atoms with van der Waals surface area (Å²) in [6.07, 6.45) is 8.28. The van der Waals surface area contributed by atoms with Gasteiger partial charge in [0.05, 0.1) is 0 Å². The SMILES string of the molecule is CCC1CCCCCN1c1ccnc(NC)n1. The first kappa shape index (κ1) is 12.1. The predicted octanol–water partition coefficient (Wildman–Crippen LogP) is 2.68. The molecule has 0 aromatic carbocycles. The fourth-order valence-corrected chi connectivity index (χ4v) is 2.53. The maximum Gasteiger partial charge on any atom is 0.224 e. The molecule has 1 N–H and O–H groups in total. The van der Waals surface area contributed by atoms with Crippen LogP contribution >= 0.6 is 0 Å². The molecule has 94 valence electrons. The lowest BCUT2D eigenvalue weighted by molar-refractivity contribution is 0.552. The first-order valence-electron chi connectivity index (χ1n) is 6.62.